The van der Waals surface area contributed by atoms with Crippen LogP contribution in [0.2, 0.25) is 0 Å². The van der Waals surface area contributed by atoms with E-state index in [0.717, 1.165) is 5.56 Å². The lowest BCUT2D eigenvalue weighted by molar-refractivity contribution is 0.144. The fourth-order valence-electron chi connectivity index (χ4n) is 2.11. The molecule has 0 atom stereocenters. The van der Waals surface area contributed by atoms with Gasteiger partial charge < -0.3 is 14.8 Å². The van der Waals surface area contributed by atoms with Crippen LogP contribution in [-0.4, -0.2) is 26.2 Å². The van der Waals surface area contributed by atoms with Crippen LogP contribution in [0.15, 0.2) is 47.5 Å². The number of carboxylic acid groups (broad SMARTS) is 1. The monoisotopic (exact) mass is 297 g/mol. The van der Waals surface area contributed by atoms with Crippen LogP contribution >= 0.6 is 0 Å². The number of hydrogen-bond donors (Lipinski definition) is 2. The van der Waals surface area contributed by atoms with Crippen LogP contribution in [0.4, 0.5) is 4.79 Å². The Morgan fingerprint density at radius 1 is 1.32 bits per heavy atom. The predicted molar refractivity (Wildman–Crippen MR) is 78.1 cm³/mol. The first-order valence-electron chi connectivity index (χ1n) is 6.44. The van der Waals surface area contributed by atoms with Gasteiger partial charge in [0.1, 0.15) is 11.6 Å². The number of pyridine rings is 1. The molecule has 1 aromatic carbocycles. The summed E-state index contributed by atoms with van der Waals surface area (Å²) in [7, 11) is 0. The van der Waals surface area contributed by atoms with Crippen molar-refractivity contribution in [1.82, 2.24) is 15.0 Å². The summed E-state index contributed by atoms with van der Waals surface area (Å²) < 4.78 is 4.57. The van der Waals surface area contributed by atoms with Crippen LogP contribution in [0, 0.1) is 0 Å². The number of H-pyrrole nitrogens is 1. The van der Waals surface area contributed by atoms with Gasteiger partial charge in [0.05, 0.1) is 10.9 Å². The molecule has 7 heteroatoms. The van der Waals surface area contributed by atoms with E-state index in [1.807, 2.05) is 6.07 Å². The Labute approximate surface area is 124 Å². The third kappa shape index (κ3) is 2.93. The zero-order valence-electron chi connectivity index (χ0n) is 11.3. The molecule has 2 heterocycles. The van der Waals surface area contributed by atoms with Gasteiger partial charge in [0.2, 0.25) is 0 Å². The fourth-order valence-corrected chi connectivity index (χ4v) is 2.11. The van der Waals surface area contributed by atoms with Crippen LogP contribution in [0.5, 0.6) is 5.75 Å². The molecule has 0 aliphatic rings. The number of nitrogens with zero attached hydrogens (tertiary/aromatic N) is 2. The summed E-state index contributed by atoms with van der Waals surface area (Å²) in [5.41, 5.74) is 0.995. The second-order valence-electron chi connectivity index (χ2n) is 4.60. The molecule has 0 radical (unpaired) electrons. The lowest BCUT2D eigenvalue weighted by Crippen LogP contribution is -2.12. The Morgan fingerprint density at radius 3 is 2.91 bits per heavy atom. The average molecular weight is 297 g/mol. The molecule has 110 valence electrons. The Hall–Kier alpha value is -3.22. The molecule has 2 N–H and O–H groups in total. The number of fused-ring (bicyclic) bond motifs is 1. The molecule has 0 fully saturated rings. The van der Waals surface area contributed by atoms with E-state index in [9.17, 15) is 9.59 Å². The molecule has 3 rings (SSSR count). The highest BCUT2D eigenvalue weighted by molar-refractivity contribution is 5.79. The fraction of sp³-hybridized carbons (Fsp3) is 0.0667. The van der Waals surface area contributed by atoms with Crippen molar-refractivity contribution in [3.8, 4) is 5.75 Å². The van der Waals surface area contributed by atoms with Crippen LogP contribution < -0.4 is 10.3 Å². The van der Waals surface area contributed by atoms with Gasteiger partial charge in [-0.15, -0.1) is 0 Å². The van der Waals surface area contributed by atoms with Gasteiger partial charge in [0.15, 0.2) is 0 Å². The Morgan fingerprint density at radius 2 is 2.18 bits per heavy atom. The first-order valence-corrected chi connectivity index (χ1v) is 6.44. The molecule has 0 aliphatic heterocycles. The Kier molecular flexibility index (Phi) is 3.53. The Balaban J connectivity index is 2.02. The smallest absolute Gasteiger partial charge is 0.449 e. The summed E-state index contributed by atoms with van der Waals surface area (Å²) in [5.74, 6) is 0.586. The standard InChI is InChI=1S/C15H11N3O4/c19-14-11-4-3-10(22-15(20)21)7-12(11)17-13(18-14)6-9-2-1-5-16-8-9/h1-5,7-8H,6H2,(H,20,21)(H,17,18,19). The van der Waals surface area contributed by atoms with Gasteiger partial charge in [0.25, 0.3) is 5.56 Å². The minimum Gasteiger partial charge on any atom is -0.449 e. The molecule has 0 saturated heterocycles. The molecule has 0 aliphatic carbocycles. The van der Waals surface area contributed by atoms with Gasteiger partial charge >= 0.3 is 6.16 Å². The maximum Gasteiger partial charge on any atom is 0.511 e. The van der Waals surface area contributed by atoms with E-state index in [1.165, 1.54) is 18.2 Å². The lowest BCUT2D eigenvalue weighted by atomic mass is 10.2. The molecule has 0 spiro atoms. The zero-order chi connectivity index (χ0) is 15.5. The number of benzene rings is 1. The van der Waals surface area contributed by atoms with Crippen molar-refractivity contribution in [2.45, 2.75) is 6.42 Å². The van der Waals surface area contributed by atoms with Crippen molar-refractivity contribution < 1.29 is 14.6 Å². The maximum atomic E-state index is 12.1. The molecule has 7 nitrogen and oxygen atoms in total. The van der Waals surface area contributed by atoms with E-state index >= 15 is 0 Å². The second-order valence-corrected chi connectivity index (χ2v) is 4.60. The van der Waals surface area contributed by atoms with Crippen molar-refractivity contribution in [3.63, 3.8) is 0 Å². The molecule has 22 heavy (non-hydrogen) atoms. The number of rotatable bonds is 3. The van der Waals surface area contributed by atoms with E-state index in [4.69, 9.17) is 5.11 Å². The highest BCUT2D eigenvalue weighted by Crippen LogP contribution is 2.17. The minimum atomic E-state index is -1.42. The first kappa shape index (κ1) is 13.7. The van der Waals surface area contributed by atoms with Crippen molar-refractivity contribution in [3.05, 3.63) is 64.5 Å². The van der Waals surface area contributed by atoms with Gasteiger partial charge in [-0.25, -0.2) is 9.78 Å². The number of nitrogens with one attached hydrogen (secondary N) is 1. The van der Waals surface area contributed by atoms with Crippen molar-refractivity contribution in [2.75, 3.05) is 0 Å². The quantitative estimate of drug-likeness (QED) is 0.565. The summed E-state index contributed by atoms with van der Waals surface area (Å²) >= 11 is 0. The molecular formula is C15H11N3O4. The number of aromatic nitrogens is 3. The topological polar surface area (TPSA) is 105 Å². The number of hydrogen-bond acceptors (Lipinski definition) is 5. The van der Waals surface area contributed by atoms with Gasteiger partial charge in [-0.3, -0.25) is 9.78 Å². The largest absolute Gasteiger partial charge is 0.511 e. The summed E-state index contributed by atoms with van der Waals surface area (Å²) in [6.07, 6.45) is 2.35. The molecule has 0 amide bonds. The second kappa shape index (κ2) is 5.65. The van der Waals surface area contributed by atoms with E-state index in [1.54, 1.807) is 18.5 Å². The van der Waals surface area contributed by atoms with Crippen molar-refractivity contribution >= 4 is 17.1 Å². The number of aromatic amines is 1. The molecule has 0 unspecified atom stereocenters. The highest BCUT2D eigenvalue weighted by atomic mass is 16.7. The summed E-state index contributed by atoms with van der Waals surface area (Å²) in [6, 6.07) is 7.99. The maximum absolute atomic E-state index is 12.1. The molecule has 2 aromatic heterocycles. The summed E-state index contributed by atoms with van der Waals surface area (Å²) in [5, 5.41) is 8.99. The zero-order valence-corrected chi connectivity index (χ0v) is 11.3. The molecule has 0 bridgehead atoms. The third-order valence-electron chi connectivity index (χ3n) is 3.03. The van der Waals surface area contributed by atoms with E-state index in [2.05, 4.69) is 19.7 Å². The minimum absolute atomic E-state index is 0.116. The van der Waals surface area contributed by atoms with Gasteiger partial charge in [-0.05, 0) is 23.8 Å². The lowest BCUT2D eigenvalue weighted by Gasteiger charge is -2.05. The van der Waals surface area contributed by atoms with E-state index in [0.29, 0.717) is 23.1 Å². The molecular weight excluding hydrogens is 286 g/mol. The van der Waals surface area contributed by atoms with Gasteiger partial charge in [0, 0.05) is 24.9 Å². The SMILES string of the molecule is O=C(O)Oc1ccc2c(=O)[nH]c(Cc3cccnc3)nc2c1. The normalized spacial score (nSPS) is 10.5. The van der Waals surface area contributed by atoms with Crippen LogP contribution in [0.3, 0.4) is 0 Å². The van der Waals surface area contributed by atoms with E-state index < -0.39 is 6.16 Å². The van der Waals surface area contributed by atoms with Crippen LogP contribution in [-0.2, 0) is 6.42 Å². The summed E-state index contributed by atoms with van der Waals surface area (Å²) in [4.78, 5) is 33.7. The summed E-state index contributed by atoms with van der Waals surface area (Å²) in [6.45, 7) is 0. The number of ether oxygens (including phenoxy) is 1. The van der Waals surface area contributed by atoms with Gasteiger partial charge in [-0.2, -0.15) is 0 Å². The van der Waals surface area contributed by atoms with Crippen LogP contribution in [0.1, 0.15) is 11.4 Å². The molecule has 0 saturated carbocycles. The van der Waals surface area contributed by atoms with Gasteiger partial charge in [-0.1, -0.05) is 6.07 Å². The third-order valence-corrected chi connectivity index (χ3v) is 3.03. The average Bonchev–Trinajstić information content (AvgIpc) is 2.47. The van der Waals surface area contributed by atoms with E-state index in [-0.39, 0.29) is 11.3 Å². The van der Waals surface area contributed by atoms with Crippen LogP contribution in [0.25, 0.3) is 10.9 Å². The Bertz CT molecular complexity index is 890. The predicted octanol–water partition coefficient (Wildman–Crippen LogP) is 1.97. The van der Waals surface area contributed by atoms with Crippen molar-refractivity contribution in [1.29, 1.82) is 0 Å². The highest BCUT2D eigenvalue weighted by Gasteiger charge is 2.08. The number of carbonyl (C=O) groups is 1. The first-order chi connectivity index (χ1) is 10.6. The van der Waals surface area contributed by atoms with Crippen molar-refractivity contribution in [2.24, 2.45) is 0 Å². The molecule has 3 aromatic rings.